The summed E-state index contributed by atoms with van der Waals surface area (Å²) in [5.41, 5.74) is 0.617. The van der Waals surface area contributed by atoms with Crippen molar-refractivity contribution in [3.8, 4) is 11.5 Å². The predicted molar refractivity (Wildman–Crippen MR) is 98.8 cm³/mol. The highest BCUT2D eigenvalue weighted by molar-refractivity contribution is 7.14. The van der Waals surface area contributed by atoms with Gasteiger partial charge >= 0.3 is 0 Å². The number of likely N-dealkylation sites (tertiary alicyclic amines) is 1. The first kappa shape index (κ1) is 17.7. The first-order chi connectivity index (χ1) is 13.0. The zero-order valence-electron chi connectivity index (χ0n) is 14.9. The third kappa shape index (κ3) is 4.02. The van der Waals surface area contributed by atoms with Crippen LogP contribution < -0.4 is 10.6 Å². The molecule has 0 bridgehead atoms. The molecule has 2 fully saturated rings. The molecule has 1 unspecified atom stereocenters. The maximum absolute atomic E-state index is 12.5. The zero-order valence-corrected chi connectivity index (χ0v) is 15.7. The molecule has 142 valence electrons. The minimum atomic E-state index is -0.321. The van der Waals surface area contributed by atoms with Crippen molar-refractivity contribution < 1.29 is 18.8 Å². The molecule has 27 heavy (non-hydrogen) atoms. The van der Waals surface area contributed by atoms with Gasteiger partial charge in [0.15, 0.2) is 10.9 Å². The molecule has 1 saturated carbocycles. The number of rotatable bonds is 6. The molecule has 3 heterocycles. The summed E-state index contributed by atoms with van der Waals surface area (Å²) in [7, 11) is 0. The number of nitrogens with zero attached hydrogens (tertiary/aromatic N) is 2. The Balaban J connectivity index is 1.36. The molecule has 1 saturated heterocycles. The van der Waals surface area contributed by atoms with E-state index in [2.05, 4.69) is 15.6 Å². The number of aromatic nitrogens is 1. The Kier molecular flexibility index (Phi) is 4.69. The lowest BCUT2D eigenvalue weighted by Crippen LogP contribution is -2.29. The van der Waals surface area contributed by atoms with Crippen molar-refractivity contribution in [1.29, 1.82) is 0 Å². The number of amides is 3. The van der Waals surface area contributed by atoms with Gasteiger partial charge in [0.1, 0.15) is 11.5 Å². The lowest BCUT2D eigenvalue weighted by atomic mass is 10.1. The molecule has 2 aliphatic rings. The molecule has 2 aromatic heterocycles. The molecule has 3 amide bonds. The molecule has 0 spiro atoms. The number of carbonyl (C=O) groups is 3. The molecule has 2 N–H and O–H groups in total. The van der Waals surface area contributed by atoms with E-state index in [1.807, 2.05) is 4.90 Å². The number of nitrogens with one attached hydrogen (secondary N) is 2. The van der Waals surface area contributed by atoms with E-state index in [4.69, 9.17) is 4.42 Å². The van der Waals surface area contributed by atoms with E-state index < -0.39 is 0 Å². The molecule has 1 aliphatic heterocycles. The molecule has 4 rings (SSSR count). The summed E-state index contributed by atoms with van der Waals surface area (Å²) in [6.07, 6.45) is 2.36. The monoisotopic (exact) mass is 388 g/mol. The Morgan fingerprint density at radius 1 is 1.37 bits per heavy atom. The van der Waals surface area contributed by atoms with E-state index in [1.165, 1.54) is 18.3 Å². The quantitative estimate of drug-likeness (QED) is 0.787. The van der Waals surface area contributed by atoms with Crippen LogP contribution in [0.5, 0.6) is 0 Å². The number of anilines is 1. The van der Waals surface area contributed by atoms with Crippen LogP contribution in [-0.4, -0.2) is 40.2 Å². The highest BCUT2D eigenvalue weighted by Crippen LogP contribution is 2.33. The van der Waals surface area contributed by atoms with Crippen LogP contribution in [0.15, 0.2) is 21.9 Å². The van der Waals surface area contributed by atoms with Gasteiger partial charge in [0.2, 0.25) is 17.7 Å². The summed E-state index contributed by atoms with van der Waals surface area (Å²) < 4.78 is 5.67. The van der Waals surface area contributed by atoms with Gasteiger partial charge in [0.25, 0.3) is 0 Å². The second-order valence-electron chi connectivity index (χ2n) is 6.88. The largest absolute Gasteiger partial charge is 0.458 e. The molecular weight excluding hydrogens is 368 g/mol. The maximum atomic E-state index is 12.5. The lowest BCUT2D eigenvalue weighted by Gasteiger charge is -2.14. The van der Waals surface area contributed by atoms with Gasteiger partial charge in [-0.05, 0) is 25.0 Å². The summed E-state index contributed by atoms with van der Waals surface area (Å²) >= 11 is 1.31. The van der Waals surface area contributed by atoms with Gasteiger partial charge in [0.05, 0.1) is 12.5 Å². The van der Waals surface area contributed by atoms with Crippen LogP contribution in [0.25, 0.3) is 11.5 Å². The second kappa shape index (κ2) is 7.15. The van der Waals surface area contributed by atoms with E-state index in [-0.39, 0.29) is 30.1 Å². The number of hydrogen-bond acceptors (Lipinski definition) is 6. The minimum absolute atomic E-state index is 0.0692. The number of hydrogen-bond donors (Lipinski definition) is 2. The molecule has 1 atom stereocenters. The van der Waals surface area contributed by atoms with Gasteiger partial charge in [-0.1, -0.05) is 0 Å². The number of thiazole rings is 1. The fourth-order valence-corrected chi connectivity index (χ4v) is 3.82. The fourth-order valence-electron chi connectivity index (χ4n) is 3.12. The lowest BCUT2D eigenvalue weighted by molar-refractivity contribution is -0.128. The molecule has 9 heteroatoms. The van der Waals surface area contributed by atoms with E-state index in [0.717, 1.165) is 12.8 Å². The maximum Gasteiger partial charge on any atom is 0.231 e. The van der Waals surface area contributed by atoms with Crippen molar-refractivity contribution in [3.63, 3.8) is 0 Å². The predicted octanol–water partition coefficient (Wildman–Crippen LogP) is 1.99. The van der Waals surface area contributed by atoms with Crippen LogP contribution in [0.4, 0.5) is 5.13 Å². The molecule has 0 aromatic carbocycles. The average Bonchev–Trinajstić information content (AvgIpc) is 3.04. The SMILES string of the molecule is CC(=O)NCc1ccc(-c2csc(NC(=O)C3CC(=O)N(C4CC4)C3)n2)o1. The van der Waals surface area contributed by atoms with Gasteiger partial charge in [0, 0.05) is 31.3 Å². The van der Waals surface area contributed by atoms with Crippen molar-refractivity contribution in [2.75, 3.05) is 11.9 Å². The van der Waals surface area contributed by atoms with Crippen molar-refractivity contribution >= 4 is 34.2 Å². The van der Waals surface area contributed by atoms with Crippen LogP contribution in [0.3, 0.4) is 0 Å². The van der Waals surface area contributed by atoms with Crippen LogP contribution in [0.2, 0.25) is 0 Å². The highest BCUT2D eigenvalue weighted by Gasteiger charge is 2.41. The zero-order chi connectivity index (χ0) is 19.0. The van der Waals surface area contributed by atoms with Crippen molar-refractivity contribution in [2.45, 2.75) is 38.8 Å². The summed E-state index contributed by atoms with van der Waals surface area (Å²) in [5.74, 6) is 0.653. The smallest absolute Gasteiger partial charge is 0.231 e. The van der Waals surface area contributed by atoms with Gasteiger partial charge in [-0.15, -0.1) is 11.3 Å². The number of furan rings is 1. The number of carbonyl (C=O) groups excluding carboxylic acids is 3. The molecule has 1 aliphatic carbocycles. The Morgan fingerprint density at radius 3 is 2.93 bits per heavy atom. The summed E-state index contributed by atoms with van der Waals surface area (Å²) in [4.78, 5) is 41.7. The Labute approximate surface area is 159 Å². The molecular formula is C18H20N4O4S. The average molecular weight is 388 g/mol. The van der Waals surface area contributed by atoms with E-state index >= 15 is 0 Å². The van der Waals surface area contributed by atoms with Gasteiger partial charge < -0.3 is 20.0 Å². The first-order valence-electron chi connectivity index (χ1n) is 8.89. The Hall–Kier alpha value is -2.68. The normalized spacial score (nSPS) is 19.4. The third-order valence-corrected chi connectivity index (χ3v) is 5.43. The van der Waals surface area contributed by atoms with Crippen LogP contribution in [0, 0.1) is 5.92 Å². The Bertz CT molecular complexity index is 886. The fraction of sp³-hybridized carbons (Fsp3) is 0.444. The molecule has 0 radical (unpaired) electrons. The summed E-state index contributed by atoms with van der Waals surface area (Å²) in [5, 5.41) is 7.76. The summed E-state index contributed by atoms with van der Waals surface area (Å²) in [6, 6.07) is 3.90. The van der Waals surface area contributed by atoms with E-state index in [1.54, 1.807) is 17.5 Å². The summed E-state index contributed by atoms with van der Waals surface area (Å²) in [6.45, 7) is 2.26. The van der Waals surface area contributed by atoms with Crippen LogP contribution in [-0.2, 0) is 20.9 Å². The highest BCUT2D eigenvalue weighted by atomic mass is 32.1. The van der Waals surface area contributed by atoms with Gasteiger partial charge in [-0.2, -0.15) is 0 Å². The first-order valence-corrected chi connectivity index (χ1v) is 9.77. The standard InChI is InChI=1S/C18H20N4O4S/c1-10(23)19-7-13-4-5-15(26-13)14-9-27-18(20-14)21-17(25)11-6-16(24)22(8-11)12-2-3-12/h4-5,9,11-12H,2-3,6-8H2,1H3,(H,19,23)(H,20,21,25). The third-order valence-electron chi connectivity index (χ3n) is 4.68. The second-order valence-corrected chi connectivity index (χ2v) is 7.74. The van der Waals surface area contributed by atoms with Gasteiger partial charge in [-0.3, -0.25) is 14.4 Å². The van der Waals surface area contributed by atoms with Crippen LogP contribution in [0.1, 0.15) is 31.9 Å². The Morgan fingerprint density at radius 2 is 2.19 bits per heavy atom. The van der Waals surface area contributed by atoms with Crippen molar-refractivity contribution in [3.05, 3.63) is 23.3 Å². The molecule has 8 nitrogen and oxygen atoms in total. The van der Waals surface area contributed by atoms with Gasteiger partial charge in [-0.25, -0.2) is 4.98 Å². The van der Waals surface area contributed by atoms with Crippen molar-refractivity contribution in [1.82, 2.24) is 15.2 Å². The van der Waals surface area contributed by atoms with E-state index in [9.17, 15) is 14.4 Å². The van der Waals surface area contributed by atoms with E-state index in [0.29, 0.717) is 41.5 Å². The minimum Gasteiger partial charge on any atom is -0.458 e. The van der Waals surface area contributed by atoms with Crippen molar-refractivity contribution in [2.24, 2.45) is 5.92 Å². The molecule has 2 aromatic rings. The topological polar surface area (TPSA) is 105 Å². The van der Waals surface area contributed by atoms with Crippen LogP contribution >= 0.6 is 11.3 Å².